The molecule has 0 spiro atoms. The number of aromatic nitrogens is 2. The van der Waals surface area contributed by atoms with E-state index in [9.17, 15) is 9.18 Å². The van der Waals surface area contributed by atoms with Crippen molar-refractivity contribution in [2.75, 3.05) is 26.2 Å². The van der Waals surface area contributed by atoms with Crippen molar-refractivity contribution < 1.29 is 13.7 Å². The van der Waals surface area contributed by atoms with Crippen LogP contribution in [0.5, 0.6) is 0 Å². The standard InChI is InChI=1S/C22H23FN4O2/c1-16(17-5-3-2-4-6-17)22(28)27-13-11-26(12-14-27)15-20-24-21(29-25-20)18-7-9-19(23)10-8-18/h2-10,16H,11-15H2,1H3/t16-/m1/s1. The van der Waals surface area contributed by atoms with E-state index in [1.165, 1.54) is 12.1 Å². The highest BCUT2D eigenvalue weighted by Crippen LogP contribution is 2.20. The van der Waals surface area contributed by atoms with Crippen LogP contribution in [0.4, 0.5) is 4.39 Å². The highest BCUT2D eigenvalue weighted by Gasteiger charge is 2.26. The van der Waals surface area contributed by atoms with E-state index >= 15 is 0 Å². The number of piperazine rings is 1. The van der Waals surface area contributed by atoms with E-state index in [1.807, 2.05) is 42.2 Å². The summed E-state index contributed by atoms with van der Waals surface area (Å²) in [4.78, 5) is 21.3. The summed E-state index contributed by atoms with van der Waals surface area (Å²) < 4.78 is 18.3. The number of hydrogen-bond acceptors (Lipinski definition) is 5. The SMILES string of the molecule is C[C@@H](C(=O)N1CCN(Cc2noc(-c3ccc(F)cc3)n2)CC1)c1ccccc1. The monoisotopic (exact) mass is 394 g/mol. The third-order valence-corrected chi connectivity index (χ3v) is 5.28. The molecule has 6 nitrogen and oxygen atoms in total. The second-order valence-electron chi connectivity index (χ2n) is 7.26. The lowest BCUT2D eigenvalue weighted by molar-refractivity contribution is -0.134. The van der Waals surface area contributed by atoms with Gasteiger partial charge in [0.05, 0.1) is 12.5 Å². The van der Waals surface area contributed by atoms with Crippen molar-refractivity contribution >= 4 is 5.91 Å². The van der Waals surface area contributed by atoms with Crippen molar-refractivity contribution in [2.24, 2.45) is 0 Å². The van der Waals surface area contributed by atoms with E-state index in [0.717, 1.165) is 18.7 Å². The molecule has 2 heterocycles. The van der Waals surface area contributed by atoms with Gasteiger partial charge in [-0.05, 0) is 36.8 Å². The summed E-state index contributed by atoms with van der Waals surface area (Å²) in [7, 11) is 0. The van der Waals surface area contributed by atoms with Crippen LogP contribution in [0.3, 0.4) is 0 Å². The fourth-order valence-corrected chi connectivity index (χ4v) is 3.51. The molecule has 0 unspecified atom stereocenters. The smallest absolute Gasteiger partial charge is 0.257 e. The Morgan fingerprint density at radius 1 is 1.07 bits per heavy atom. The van der Waals surface area contributed by atoms with E-state index in [0.29, 0.717) is 36.9 Å². The lowest BCUT2D eigenvalue weighted by atomic mass is 9.99. The molecule has 0 saturated carbocycles. The van der Waals surface area contributed by atoms with Gasteiger partial charge in [-0.2, -0.15) is 4.98 Å². The van der Waals surface area contributed by atoms with Crippen LogP contribution >= 0.6 is 0 Å². The van der Waals surface area contributed by atoms with Gasteiger partial charge in [0, 0.05) is 31.7 Å². The normalized spacial score (nSPS) is 16.0. The van der Waals surface area contributed by atoms with E-state index in [1.54, 1.807) is 12.1 Å². The van der Waals surface area contributed by atoms with Gasteiger partial charge in [-0.1, -0.05) is 35.5 Å². The zero-order valence-electron chi connectivity index (χ0n) is 16.3. The number of nitrogens with zero attached hydrogens (tertiary/aromatic N) is 4. The Labute approximate surface area is 168 Å². The fourth-order valence-electron chi connectivity index (χ4n) is 3.51. The third-order valence-electron chi connectivity index (χ3n) is 5.28. The molecule has 1 amide bonds. The average Bonchev–Trinajstić information content (AvgIpc) is 3.23. The average molecular weight is 394 g/mol. The number of hydrogen-bond donors (Lipinski definition) is 0. The summed E-state index contributed by atoms with van der Waals surface area (Å²) in [5.41, 5.74) is 1.73. The summed E-state index contributed by atoms with van der Waals surface area (Å²) in [6, 6.07) is 15.8. The topological polar surface area (TPSA) is 62.5 Å². The first kappa shape index (κ1) is 19.3. The molecule has 1 aliphatic heterocycles. The molecule has 4 rings (SSSR count). The van der Waals surface area contributed by atoms with Gasteiger partial charge in [0.2, 0.25) is 5.91 Å². The minimum atomic E-state index is -0.303. The minimum Gasteiger partial charge on any atom is -0.340 e. The number of halogens is 1. The molecule has 29 heavy (non-hydrogen) atoms. The van der Waals surface area contributed by atoms with Crippen LogP contribution < -0.4 is 0 Å². The van der Waals surface area contributed by atoms with Crippen molar-refractivity contribution in [3.05, 3.63) is 71.8 Å². The molecular weight excluding hydrogens is 371 g/mol. The van der Waals surface area contributed by atoms with Crippen molar-refractivity contribution in [1.82, 2.24) is 19.9 Å². The van der Waals surface area contributed by atoms with Crippen LogP contribution in [-0.4, -0.2) is 52.0 Å². The second-order valence-corrected chi connectivity index (χ2v) is 7.26. The molecule has 1 saturated heterocycles. The molecule has 1 aliphatic rings. The van der Waals surface area contributed by atoms with Gasteiger partial charge in [0.25, 0.3) is 5.89 Å². The van der Waals surface area contributed by atoms with Crippen molar-refractivity contribution in [2.45, 2.75) is 19.4 Å². The molecule has 1 atom stereocenters. The molecule has 3 aromatic rings. The maximum absolute atomic E-state index is 13.1. The van der Waals surface area contributed by atoms with E-state index in [-0.39, 0.29) is 17.6 Å². The Balaban J connectivity index is 1.31. The Bertz CT molecular complexity index is 950. The predicted octanol–water partition coefficient (Wildman–Crippen LogP) is 3.32. The Morgan fingerprint density at radius 3 is 2.45 bits per heavy atom. The van der Waals surface area contributed by atoms with Crippen molar-refractivity contribution in [3.8, 4) is 11.5 Å². The van der Waals surface area contributed by atoms with Gasteiger partial charge < -0.3 is 9.42 Å². The zero-order valence-corrected chi connectivity index (χ0v) is 16.3. The molecule has 0 aliphatic carbocycles. The zero-order chi connectivity index (χ0) is 20.2. The lowest BCUT2D eigenvalue weighted by Gasteiger charge is -2.35. The first-order chi connectivity index (χ1) is 14.1. The molecule has 7 heteroatoms. The minimum absolute atomic E-state index is 0.141. The maximum Gasteiger partial charge on any atom is 0.257 e. The predicted molar refractivity (Wildman–Crippen MR) is 106 cm³/mol. The number of carbonyl (C=O) groups excluding carboxylic acids is 1. The summed E-state index contributed by atoms with van der Waals surface area (Å²) in [6.07, 6.45) is 0. The molecule has 0 bridgehead atoms. The first-order valence-corrected chi connectivity index (χ1v) is 9.75. The Morgan fingerprint density at radius 2 is 1.76 bits per heavy atom. The molecule has 150 valence electrons. The summed E-state index contributed by atoms with van der Waals surface area (Å²) in [5.74, 6) is 0.682. The van der Waals surface area contributed by atoms with Crippen LogP contribution in [0.1, 0.15) is 24.2 Å². The van der Waals surface area contributed by atoms with Gasteiger partial charge in [0.1, 0.15) is 5.82 Å². The van der Waals surface area contributed by atoms with Gasteiger partial charge in [0.15, 0.2) is 5.82 Å². The fraction of sp³-hybridized carbons (Fsp3) is 0.318. The summed E-state index contributed by atoms with van der Waals surface area (Å²) in [6.45, 7) is 5.39. The molecule has 1 fully saturated rings. The van der Waals surface area contributed by atoms with Gasteiger partial charge in [-0.25, -0.2) is 4.39 Å². The number of benzene rings is 2. The largest absolute Gasteiger partial charge is 0.340 e. The maximum atomic E-state index is 13.1. The number of rotatable bonds is 5. The lowest BCUT2D eigenvalue weighted by Crippen LogP contribution is -2.49. The van der Waals surface area contributed by atoms with Crippen LogP contribution in [0.15, 0.2) is 59.1 Å². The summed E-state index contributed by atoms with van der Waals surface area (Å²) >= 11 is 0. The summed E-state index contributed by atoms with van der Waals surface area (Å²) in [5, 5.41) is 4.03. The van der Waals surface area contributed by atoms with Crippen LogP contribution in [0.2, 0.25) is 0 Å². The number of carbonyl (C=O) groups is 1. The molecule has 2 aromatic carbocycles. The Kier molecular flexibility index (Phi) is 5.67. The van der Waals surface area contributed by atoms with Crippen LogP contribution in [0.25, 0.3) is 11.5 Å². The molecular formula is C22H23FN4O2. The van der Waals surface area contributed by atoms with Gasteiger partial charge in [-0.15, -0.1) is 0 Å². The first-order valence-electron chi connectivity index (χ1n) is 9.75. The van der Waals surface area contributed by atoms with E-state index in [2.05, 4.69) is 15.0 Å². The van der Waals surface area contributed by atoms with Crippen LogP contribution in [-0.2, 0) is 11.3 Å². The quantitative estimate of drug-likeness (QED) is 0.664. The van der Waals surface area contributed by atoms with E-state index < -0.39 is 0 Å². The molecule has 1 aromatic heterocycles. The third kappa shape index (κ3) is 4.51. The van der Waals surface area contributed by atoms with Gasteiger partial charge >= 0.3 is 0 Å². The highest BCUT2D eigenvalue weighted by atomic mass is 19.1. The van der Waals surface area contributed by atoms with Crippen molar-refractivity contribution in [1.29, 1.82) is 0 Å². The second kappa shape index (κ2) is 8.53. The molecule has 0 N–H and O–H groups in total. The van der Waals surface area contributed by atoms with Gasteiger partial charge in [-0.3, -0.25) is 9.69 Å². The Hall–Kier alpha value is -3.06. The molecule has 0 radical (unpaired) electrons. The van der Waals surface area contributed by atoms with E-state index in [4.69, 9.17) is 4.52 Å². The highest BCUT2D eigenvalue weighted by molar-refractivity contribution is 5.83. The van der Waals surface area contributed by atoms with Crippen LogP contribution in [0, 0.1) is 5.82 Å². The number of amides is 1. The van der Waals surface area contributed by atoms with Crippen molar-refractivity contribution in [3.63, 3.8) is 0 Å².